The van der Waals surface area contributed by atoms with Crippen molar-refractivity contribution >= 4 is 5.69 Å². The first kappa shape index (κ1) is 13.4. The van der Waals surface area contributed by atoms with Crippen LogP contribution in [0.2, 0.25) is 0 Å². The molecule has 17 heavy (non-hydrogen) atoms. The molecule has 0 spiro atoms. The van der Waals surface area contributed by atoms with Crippen molar-refractivity contribution in [3.05, 3.63) is 33.9 Å². The molecule has 0 amide bonds. The van der Waals surface area contributed by atoms with Crippen LogP contribution in [0.4, 0.5) is 5.69 Å². The van der Waals surface area contributed by atoms with Crippen LogP contribution >= 0.6 is 0 Å². The Morgan fingerprint density at radius 2 is 2.06 bits per heavy atom. The predicted molar refractivity (Wildman–Crippen MR) is 64.5 cm³/mol. The largest absolute Gasteiger partial charge is 0.490 e. The third kappa shape index (κ3) is 3.71. The van der Waals surface area contributed by atoms with Crippen LogP contribution in [0.1, 0.15) is 18.4 Å². The van der Waals surface area contributed by atoms with Gasteiger partial charge >= 0.3 is 5.69 Å². The van der Waals surface area contributed by atoms with Crippen molar-refractivity contribution in [3.8, 4) is 5.75 Å². The van der Waals surface area contributed by atoms with Crippen LogP contribution in [0.5, 0.6) is 5.75 Å². The van der Waals surface area contributed by atoms with Crippen molar-refractivity contribution in [2.75, 3.05) is 20.8 Å². The maximum absolute atomic E-state index is 11.0. The second-order valence-electron chi connectivity index (χ2n) is 3.68. The van der Waals surface area contributed by atoms with Gasteiger partial charge in [0.1, 0.15) is 0 Å². The van der Waals surface area contributed by atoms with Crippen molar-refractivity contribution < 1.29 is 14.4 Å². The molecule has 0 aliphatic rings. The summed E-state index contributed by atoms with van der Waals surface area (Å²) in [6, 6.07) is 5.15. The first-order chi connectivity index (χ1) is 8.20. The zero-order chi connectivity index (χ0) is 12.7. The molecule has 0 atom stereocenters. The van der Waals surface area contributed by atoms with Crippen molar-refractivity contribution in [2.24, 2.45) is 0 Å². The normalized spacial score (nSPS) is 10.2. The van der Waals surface area contributed by atoms with E-state index in [9.17, 15) is 10.1 Å². The lowest BCUT2D eigenvalue weighted by molar-refractivity contribution is -0.386. The summed E-state index contributed by atoms with van der Waals surface area (Å²) in [5.74, 6) is 0.319. The number of nitrogens with zero attached hydrogens (tertiary/aromatic N) is 1. The third-order valence-corrected chi connectivity index (χ3v) is 2.53. The number of nitro groups is 1. The maximum atomic E-state index is 11.0. The lowest BCUT2D eigenvalue weighted by Gasteiger charge is -2.06. The van der Waals surface area contributed by atoms with Crippen LogP contribution in [-0.2, 0) is 11.2 Å². The highest BCUT2D eigenvalue weighted by Crippen LogP contribution is 2.31. The number of para-hydroxylation sites is 1. The van der Waals surface area contributed by atoms with Crippen LogP contribution in [0.25, 0.3) is 0 Å². The summed E-state index contributed by atoms with van der Waals surface area (Å²) in [4.78, 5) is 10.6. The van der Waals surface area contributed by atoms with Gasteiger partial charge in [0, 0.05) is 19.3 Å². The molecule has 5 heteroatoms. The van der Waals surface area contributed by atoms with Crippen LogP contribution in [-0.4, -0.2) is 25.7 Å². The van der Waals surface area contributed by atoms with E-state index in [4.69, 9.17) is 9.47 Å². The van der Waals surface area contributed by atoms with Gasteiger partial charge in [0.05, 0.1) is 12.0 Å². The number of unbranched alkanes of at least 4 members (excludes halogenated alkanes) is 1. The van der Waals surface area contributed by atoms with Gasteiger partial charge < -0.3 is 9.47 Å². The molecule has 0 radical (unpaired) electrons. The standard InChI is InChI=1S/C12H17NO4/c1-16-9-4-3-6-10-7-5-8-11(17-2)12(10)13(14)15/h5,7-8H,3-4,6,9H2,1-2H3. The Labute approximate surface area is 101 Å². The van der Waals surface area contributed by atoms with Crippen LogP contribution in [0, 0.1) is 10.1 Å². The van der Waals surface area contributed by atoms with E-state index in [2.05, 4.69) is 0 Å². The van der Waals surface area contributed by atoms with Gasteiger partial charge in [-0.05, 0) is 25.3 Å². The lowest BCUT2D eigenvalue weighted by Crippen LogP contribution is -2.00. The minimum atomic E-state index is -0.384. The van der Waals surface area contributed by atoms with E-state index < -0.39 is 0 Å². The zero-order valence-corrected chi connectivity index (χ0v) is 10.1. The summed E-state index contributed by atoms with van der Waals surface area (Å²) in [5, 5.41) is 11.0. The number of methoxy groups -OCH3 is 2. The summed E-state index contributed by atoms with van der Waals surface area (Å²) in [5.41, 5.74) is 0.790. The van der Waals surface area contributed by atoms with Crippen LogP contribution in [0.15, 0.2) is 18.2 Å². The van der Waals surface area contributed by atoms with Crippen LogP contribution < -0.4 is 4.74 Å². The van der Waals surface area contributed by atoms with Gasteiger partial charge in [0.2, 0.25) is 0 Å². The molecule has 0 aromatic heterocycles. The smallest absolute Gasteiger partial charge is 0.314 e. The lowest BCUT2D eigenvalue weighted by atomic mass is 10.1. The Morgan fingerprint density at radius 1 is 1.29 bits per heavy atom. The minimum absolute atomic E-state index is 0.0763. The number of aryl methyl sites for hydroxylation is 1. The van der Waals surface area contributed by atoms with E-state index in [1.807, 2.05) is 0 Å². The molecular formula is C12H17NO4. The van der Waals surface area contributed by atoms with E-state index in [0.717, 1.165) is 12.8 Å². The number of ether oxygens (including phenoxy) is 2. The van der Waals surface area contributed by atoms with Gasteiger partial charge in [-0.2, -0.15) is 0 Å². The third-order valence-electron chi connectivity index (χ3n) is 2.53. The molecule has 0 unspecified atom stereocenters. The molecule has 1 aromatic rings. The number of rotatable bonds is 7. The van der Waals surface area contributed by atoms with Gasteiger partial charge in [-0.25, -0.2) is 0 Å². The van der Waals surface area contributed by atoms with Gasteiger partial charge in [-0.15, -0.1) is 0 Å². The number of hydrogen-bond acceptors (Lipinski definition) is 4. The van der Waals surface area contributed by atoms with E-state index in [0.29, 0.717) is 24.3 Å². The summed E-state index contributed by atoms with van der Waals surface area (Å²) in [6.45, 7) is 0.678. The highest BCUT2D eigenvalue weighted by molar-refractivity contribution is 5.52. The Balaban J connectivity index is 2.79. The average Bonchev–Trinajstić information content (AvgIpc) is 2.33. The Hall–Kier alpha value is -1.62. The summed E-state index contributed by atoms with van der Waals surface area (Å²) in [6.07, 6.45) is 2.42. The highest BCUT2D eigenvalue weighted by Gasteiger charge is 2.19. The van der Waals surface area contributed by atoms with Crippen molar-refractivity contribution in [3.63, 3.8) is 0 Å². The average molecular weight is 239 g/mol. The van der Waals surface area contributed by atoms with Crippen molar-refractivity contribution in [1.82, 2.24) is 0 Å². The molecule has 0 aliphatic carbocycles. The van der Waals surface area contributed by atoms with Gasteiger partial charge in [-0.1, -0.05) is 12.1 Å². The molecular weight excluding hydrogens is 222 g/mol. The zero-order valence-electron chi connectivity index (χ0n) is 10.1. The molecule has 0 fully saturated rings. The van der Waals surface area contributed by atoms with E-state index in [1.54, 1.807) is 25.3 Å². The Kier molecular flexibility index (Phi) is 5.42. The van der Waals surface area contributed by atoms with Gasteiger partial charge in [-0.3, -0.25) is 10.1 Å². The summed E-state index contributed by atoms with van der Waals surface area (Å²) >= 11 is 0. The number of nitro benzene ring substituents is 1. The molecule has 0 N–H and O–H groups in total. The Morgan fingerprint density at radius 3 is 2.65 bits per heavy atom. The highest BCUT2D eigenvalue weighted by atomic mass is 16.6. The van der Waals surface area contributed by atoms with E-state index in [1.165, 1.54) is 7.11 Å². The fourth-order valence-electron chi connectivity index (χ4n) is 1.70. The molecule has 1 rings (SSSR count). The van der Waals surface area contributed by atoms with Crippen molar-refractivity contribution in [2.45, 2.75) is 19.3 Å². The molecule has 0 bridgehead atoms. The molecule has 94 valence electrons. The number of benzene rings is 1. The topological polar surface area (TPSA) is 61.6 Å². The molecule has 0 heterocycles. The maximum Gasteiger partial charge on any atom is 0.314 e. The molecule has 0 saturated heterocycles. The molecule has 1 aromatic carbocycles. The van der Waals surface area contributed by atoms with Crippen molar-refractivity contribution in [1.29, 1.82) is 0 Å². The molecule has 0 saturated carbocycles. The first-order valence-corrected chi connectivity index (χ1v) is 5.50. The number of hydrogen-bond donors (Lipinski definition) is 0. The quantitative estimate of drug-likeness (QED) is 0.417. The summed E-state index contributed by atoms with van der Waals surface area (Å²) in [7, 11) is 3.09. The first-order valence-electron chi connectivity index (χ1n) is 5.50. The van der Waals surface area contributed by atoms with Gasteiger partial charge in [0.25, 0.3) is 0 Å². The second kappa shape index (κ2) is 6.85. The molecule has 5 nitrogen and oxygen atoms in total. The SMILES string of the molecule is COCCCCc1cccc(OC)c1[N+](=O)[O-]. The molecule has 0 aliphatic heterocycles. The second-order valence-corrected chi connectivity index (χ2v) is 3.68. The van der Waals surface area contributed by atoms with E-state index in [-0.39, 0.29) is 10.6 Å². The van der Waals surface area contributed by atoms with E-state index >= 15 is 0 Å². The van der Waals surface area contributed by atoms with Gasteiger partial charge in [0.15, 0.2) is 5.75 Å². The summed E-state index contributed by atoms with van der Waals surface area (Å²) < 4.78 is 9.95. The minimum Gasteiger partial charge on any atom is -0.490 e. The predicted octanol–water partition coefficient (Wildman–Crippen LogP) is 2.57. The monoisotopic (exact) mass is 239 g/mol. The fourth-order valence-corrected chi connectivity index (χ4v) is 1.70. The Bertz CT molecular complexity index is 379. The fraction of sp³-hybridized carbons (Fsp3) is 0.500. The van der Waals surface area contributed by atoms with Crippen LogP contribution in [0.3, 0.4) is 0 Å².